The van der Waals surface area contributed by atoms with Crippen molar-refractivity contribution in [2.24, 2.45) is 0 Å². The summed E-state index contributed by atoms with van der Waals surface area (Å²) in [6.07, 6.45) is 1.23. The molecule has 17 heavy (non-hydrogen) atoms. The number of ether oxygens (including phenoxy) is 1. The number of benzene rings is 1. The fourth-order valence-electron chi connectivity index (χ4n) is 2.85. The number of aliphatic hydroxyl groups excluding tert-OH is 1. The van der Waals surface area contributed by atoms with Crippen LogP contribution >= 0.6 is 15.9 Å². The minimum Gasteiger partial charge on any atom is -0.485 e. The van der Waals surface area contributed by atoms with E-state index in [4.69, 9.17) is 4.74 Å². The van der Waals surface area contributed by atoms with Crippen LogP contribution in [-0.2, 0) is 0 Å². The molecule has 1 aromatic carbocycles. The van der Waals surface area contributed by atoms with Gasteiger partial charge in [0.1, 0.15) is 11.4 Å². The summed E-state index contributed by atoms with van der Waals surface area (Å²) >= 11 is 3.46. The van der Waals surface area contributed by atoms with Crippen molar-refractivity contribution < 1.29 is 9.84 Å². The summed E-state index contributed by atoms with van der Waals surface area (Å²) in [5.74, 6) is 0.871. The van der Waals surface area contributed by atoms with Crippen molar-refractivity contribution in [3.05, 3.63) is 27.7 Å². The standard InChI is InChI=1S/C13H16BrNO2/c1-8-4-9(14)5-10-11(16)6-13(17-12(8)10)2-3-15-7-13/h4-5,11,15-16H,2-3,6-7H2,1H3. The fourth-order valence-corrected chi connectivity index (χ4v) is 3.44. The lowest BCUT2D eigenvalue weighted by atomic mass is 9.87. The summed E-state index contributed by atoms with van der Waals surface area (Å²) < 4.78 is 7.19. The molecule has 2 atom stereocenters. The average molecular weight is 298 g/mol. The number of hydrogen-bond donors (Lipinski definition) is 2. The summed E-state index contributed by atoms with van der Waals surface area (Å²) in [6, 6.07) is 4.00. The van der Waals surface area contributed by atoms with Crippen LogP contribution in [0.2, 0.25) is 0 Å². The van der Waals surface area contributed by atoms with Gasteiger partial charge in [-0.05, 0) is 31.2 Å². The van der Waals surface area contributed by atoms with Gasteiger partial charge in [0.2, 0.25) is 0 Å². The Morgan fingerprint density at radius 3 is 3.06 bits per heavy atom. The largest absolute Gasteiger partial charge is 0.485 e. The third-order valence-electron chi connectivity index (χ3n) is 3.72. The molecule has 1 spiro atoms. The molecule has 2 N–H and O–H groups in total. The number of fused-ring (bicyclic) bond motifs is 1. The van der Waals surface area contributed by atoms with Crippen molar-refractivity contribution in [3.8, 4) is 5.75 Å². The molecular formula is C13H16BrNO2. The number of rotatable bonds is 0. The Kier molecular flexibility index (Phi) is 2.69. The van der Waals surface area contributed by atoms with Crippen molar-refractivity contribution in [3.63, 3.8) is 0 Å². The van der Waals surface area contributed by atoms with E-state index in [-0.39, 0.29) is 5.60 Å². The van der Waals surface area contributed by atoms with Crippen LogP contribution in [0.5, 0.6) is 5.75 Å². The van der Waals surface area contributed by atoms with Gasteiger partial charge in [0, 0.05) is 29.4 Å². The summed E-state index contributed by atoms with van der Waals surface area (Å²) in [4.78, 5) is 0. The van der Waals surface area contributed by atoms with Gasteiger partial charge in [0.05, 0.1) is 6.10 Å². The summed E-state index contributed by atoms with van der Waals surface area (Å²) in [5, 5.41) is 13.6. The predicted molar refractivity (Wildman–Crippen MR) is 69.3 cm³/mol. The van der Waals surface area contributed by atoms with Crippen LogP contribution in [0, 0.1) is 6.92 Å². The van der Waals surface area contributed by atoms with E-state index in [1.807, 2.05) is 19.1 Å². The molecule has 4 heteroatoms. The van der Waals surface area contributed by atoms with Crippen molar-refractivity contribution in [1.29, 1.82) is 0 Å². The summed E-state index contributed by atoms with van der Waals surface area (Å²) in [6.45, 7) is 3.83. The molecule has 0 amide bonds. The highest BCUT2D eigenvalue weighted by Gasteiger charge is 2.43. The van der Waals surface area contributed by atoms with Gasteiger partial charge in [-0.3, -0.25) is 0 Å². The number of aliphatic hydroxyl groups is 1. The monoisotopic (exact) mass is 297 g/mol. The number of nitrogens with one attached hydrogen (secondary N) is 1. The Morgan fingerprint density at radius 1 is 1.53 bits per heavy atom. The smallest absolute Gasteiger partial charge is 0.129 e. The Bertz CT molecular complexity index is 455. The number of hydrogen-bond acceptors (Lipinski definition) is 3. The molecule has 0 saturated carbocycles. The molecule has 3 rings (SSSR count). The second-order valence-electron chi connectivity index (χ2n) is 5.07. The average Bonchev–Trinajstić information content (AvgIpc) is 2.69. The van der Waals surface area contributed by atoms with Crippen molar-refractivity contribution >= 4 is 15.9 Å². The molecule has 1 saturated heterocycles. The summed E-state index contributed by atoms with van der Waals surface area (Å²) in [5.41, 5.74) is 1.79. The molecule has 0 bridgehead atoms. The van der Waals surface area contributed by atoms with E-state index in [9.17, 15) is 5.11 Å². The lowest BCUT2D eigenvalue weighted by Gasteiger charge is -2.38. The van der Waals surface area contributed by atoms with Crippen LogP contribution in [0.1, 0.15) is 30.1 Å². The second kappa shape index (κ2) is 3.97. The van der Waals surface area contributed by atoms with E-state index < -0.39 is 6.10 Å². The van der Waals surface area contributed by atoms with Crippen molar-refractivity contribution in [2.45, 2.75) is 31.5 Å². The molecule has 0 aromatic heterocycles. The van der Waals surface area contributed by atoms with E-state index in [1.165, 1.54) is 0 Å². The molecule has 92 valence electrons. The van der Waals surface area contributed by atoms with E-state index in [0.29, 0.717) is 6.42 Å². The first-order valence-electron chi connectivity index (χ1n) is 5.97. The highest BCUT2D eigenvalue weighted by atomic mass is 79.9. The predicted octanol–water partition coefficient (Wildman–Crippen LogP) is 2.31. The van der Waals surface area contributed by atoms with Crippen molar-refractivity contribution in [1.82, 2.24) is 5.32 Å². The zero-order chi connectivity index (χ0) is 12.0. The molecule has 2 heterocycles. The van der Waals surface area contributed by atoms with Gasteiger partial charge < -0.3 is 15.2 Å². The van der Waals surface area contributed by atoms with E-state index in [2.05, 4.69) is 21.2 Å². The third kappa shape index (κ3) is 1.88. The Morgan fingerprint density at radius 2 is 2.35 bits per heavy atom. The van der Waals surface area contributed by atoms with Gasteiger partial charge in [-0.2, -0.15) is 0 Å². The Hall–Kier alpha value is -0.580. The summed E-state index contributed by atoms with van der Waals surface area (Å²) in [7, 11) is 0. The number of halogens is 1. The molecule has 3 nitrogen and oxygen atoms in total. The second-order valence-corrected chi connectivity index (χ2v) is 5.99. The van der Waals surface area contributed by atoms with Crippen LogP contribution in [0.3, 0.4) is 0 Å². The molecular weight excluding hydrogens is 282 g/mol. The van der Waals surface area contributed by atoms with Crippen LogP contribution < -0.4 is 10.1 Å². The Labute approximate surface area is 109 Å². The normalized spacial score (nSPS) is 31.4. The number of aryl methyl sites for hydroxylation is 1. The van der Waals surface area contributed by atoms with E-state index in [0.717, 1.165) is 40.9 Å². The van der Waals surface area contributed by atoms with Crippen LogP contribution in [0.15, 0.2) is 16.6 Å². The lowest BCUT2D eigenvalue weighted by Crippen LogP contribution is -2.43. The molecule has 1 aromatic rings. The maximum Gasteiger partial charge on any atom is 0.129 e. The zero-order valence-electron chi connectivity index (χ0n) is 9.79. The van der Waals surface area contributed by atoms with E-state index in [1.54, 1.807) is 0 Å². The molecule has 2 aliphatic rings. The van der Waals surface area contributed by atoms with Crippen LogP contribution in [0.4, 0.5) is 0 Å². The Balaban J connectivity index is 2.06. The van der Waals surface area contributed by atoms with E-state index >= 15 is 0 Å². The van der Waals surface area contributed by atoms with Crippen molar-refractivity contribution in [2.75, 3.05) is 13.1 Å². The zero-order valence-corrected chi connectivity index (χ0v) is 11.4. The SMILES string of the molecule is Cc1cc(Br)cc2c1OC1(CCNC1)CC2O. The molecule has 2 aliphatic heterocycles. The topological polar surface area (TPSA) is 41.5 Å². The fraction of sp³-hybridized carbons (Fsp3) is 0.538. The van der Waals surface area contributed by atoms with Gasteiger partial charge in [-0.1, -0.05) is 15.9 Å². The minimum atomic E-state index is -0.421. The minimum absolute atomic E-state index is 0.203. The molecule has 0 radical (unpaired) electrons. The first kappa shape index (κ1) is 11.5. The van der Waals surface area contributed by atoms with Gasteiger partial charge in [-0.15, -0.1) is 0 Å². The highest BCUT2D eigenvalue weighted by molar-refractivity contribution is 9.10. The van der Waals surface area contributed by atoms with Gasteiger partial charge in [0.25, 0.3) is 0 Å². The maximum atomic E-state index is 10.3. The van der Waals surface area contributed by atoms with Gasteiger partial charge in [-0.25, -0.2) is 0 Å². The van der Waals surface area contributed by atoms with Gasteiger partial charge in [0.15, 0.2) is 0 Å². The molecule has 1 fully saturated rings. The first-order valence-corrected chi connectivity index (χ1v) is 6.77. The van der Waals surface area contributed by atoms with Crippen LogP contribution in [-0.4, -0.2) is 23.8 Å². The third-order valence-corrected chi connectivity index (χ3v) is 4.17. The quantitative estimate of drug-likeness (QED) is 0.772. The molecule has 2 unspecified atom stereocenters. The highest BCUT2D eigenvalue weighted by Crippen LogP contribution is 2.44. The lowest BCUT2D eigenvalue weighted by molar-refractivity contribution is -0.000955. The maximum absolute atomic E-state index is 10.3. The van der Waals surface area contributed by atoms with Crippen LogP contribution in [0.25, 0.3) is 0 Å². The van der Waals surface area contributed by atoms with Gasteiger partial charge >= 0.3 is 0 Å². The first-order chi connectivity index (χ1) is 8.10. The molecule has 0 aliphatic carbocycles.